The van der Waals surface area contributed by atoms with Crippen LogP contribution in [0.3, 0.4) is 0 Å². The van der Waals surface area contributed by atoms with Crippen LogP contribution in [-0.4, -0.2) is 57.3 Å². The molecule has 2 fully saturated rings. The van der Waals surface area contributed by atoms with Gasteiger partial charge in [0.15, 0.2) is 11.5 Å². The number of nitrogens with one attached hydrogen (secondary N) is 1. The van der Waals surface area contributed by atoms with E-state index in [4.69, 9.17) is 14.2 Å². The number of amides is 1. The molecule has 1 aromatic carbocycles. The van der Waals surface area contributed by atoms with Crippen LogP contribution >= 0.6 is 12.4 Å². The molecule has 27 heavy (non-hydrogen) atoms. The van der Waals surface area contributed by atoms with Crippen LogP contribution < -0.4 is 14.8 Å². The molecule has 0 bridgehead atoms. The zero-order valence-electron chi connectivity index (χ0n) is 16.1. The quantitative estimate of drug-likeness (QED) is 0.849. The van der Waals surface area contributed by atoms with E-state index in [9.17, 15) is 4.79 Å². The van der Waals surface area contributed by atoms with Gasteiger partial charge in [-0.25, -0.2) is 0 Å². The predicted molar refractivity (Wildman–Crippen MR) is 105 cm³/mol. The van der Waals surface area contributed by atoms with Crippen LogP contribution in [0.2, 0.25) is 0 Å². The average molecular weight is 397 g/mol. The molecule has 3 heterocycles. The largest absolute Gasteiger partial charge is 0.493 e. The fourth-order valence-corrected chi connectivity index (χ4v) is 4.60. The third-order valence-electron chi connectivity index (χ3n) is 6.09. The highest BCUT2D eigenvalue weighted by Gasteiger charge is 2.43. The van der Waals surface area contributed by atoms with Crippen molar-refractivity contribution in [2.24, 2.45) is 0 Å². The maximum atomic E-state index is 12.7. The lowest BCUT2D eigenvalue weighted by Crippen LogP contribution is -2.52. The number of halogens is 1. The van der Waals surface area contributed by atoms with E-state index in [1.807, 2.05) is 4.90 Å². The Morgan fingerprint density at radius 1 is 1.22 bits per heavy atom. The molecule has 1 spiro atoms. The fraction of sp³-hybridized carbons (Fsp3) is 0.650. The van der Waals surface area contributed by atoms with Gasteiger partial charge in [0.1, 0.15) is 0 Å². The van der Waals surface area contributed by atoms with Gasteiger partial charge in [-0.15, -0.1) is 12.4 Å². The second-order valence-corrected chi connectivity index (χ2v) is 7.43. The second-order valence-electron chi connectivity index (χ2n) is 7.43. The Morgan fingerprint density at radius 3 is 2.56 bits per heavy atom. The molecule has 1 atom stereocenters. The number of hydrogen-bond donors (Lipinski definition) is 1. The van der Waals surface area contributed by atoms with Crippen molar-refractivity contribution in [1.82, 2.24) is 10.2 Å². The highest BCUT2D eigenvalue weighted by Crippen LogP contribution is 2.45. The smallest absolute Gasteiger partial charge is 0.239 e. The van der Waals surface area contributed by atoms with Crippen molar-refractivity contribution < 1.29 is 19.0 Å². The molecule has 0 aromatic heterocycles. The maximum absolute atomic E-state index is 12.7. The molecular formula is C20H29ClN2O4. The SMILES string of the molecule is COc1cc2c(cc1OC)C1(CCN(C(=O)[C@@H]3CCCN3)CC1)OCC2.Cl. The molecule has 4 rings (SSSR count). The van der Waals surface area contributed by atoms with E-state index in [-0.39, 0.29) is 30.0 Å². The van der Waals surface area contributed by atoms with Gasteiger partial charge in [0.25, 0.3) is 0 Å². The number of likely N-dealkylation sites (tertiary alicyclic amines) is 1. The Morgan fingerprint density at radius 2 is 1.93 bits per heavy atom. The van der Waals surface area contributed by atoms with E-state index in [2.05, 4.69) is 17.4 Å². The van der Waals surface area contributed by atoms with Gasteiger partial charge in [-0.2, -0.15) is 0 Å². The molecule has 1 amide bonds. The number of carbonyl (C=O) groups is 1. The monoisotopic (exact) mass is 396 g/mol. The number of ether oxygens (including phenoxy) is 3. The minimum atomic E-state index is -0.312. The summed E-state index contributed by atoms with van der Waals surface area (Å²) >= 11 is 0. The van der Waals surface area contributed by atoms with Crippen molar-refractivity contribution in [3.8, 4) is 11.5 Å². The van der Waals surface area contributed by atoms with Crippen molar-refractivity contribution in [2.45, 2.75) is 43.7 Å². The van der Waals surface area contributed by atoms with Gasteiger partial charge in [-0.3, -0.25) is 4.79 Å². The highest BCUT2D eigenvalue weighted by molar-refractivity contribution is 5.85. The number of fused-ring (bicyclic) bond motifs is 2. The van der Waals surface area contributed by atoms with Gasteiger partial charge >= 0.3 is 0 Å². The van der Waals surface area contributed by atoms with Crippen molar-refractivity contribution in [1.29, 1.82) is 0 Å². The van der Waals surface area contributed by atoms with Gasteiger partial charge in [-0.1, -0.05) is 0 Å². The summed E-state index contributed by atoms with van der Waals surface area (Å²) in [7, 11) is 3.33. The summed E-state index contributed by atoms with van der Waals surface area (Å²) in [6.07, 6.45) is 4.58. The van der Waals surface area contributed by atoms with Crippen molar-refractivity contribution in [2.75, 3.05) is 40.5 Å². The van der Waals surface area contributed by atoms with Crippen LogP contribution in [0.4, 0.5) is 0 Å². The van der Waals surface area contributed by atoms with Crippen LogP contribution in [0.1, 0.15) is 36.8 Å². The topological polar surface area (TPSA) is 60.0 Å². The first-order chi connectivity index (χ1) is 12.7. The summed E-state index contributed by atoms with van der Waals surface area (Å²) in [6.45, 7) is 3.14. The molecule has 3 aliphatic rings. The van der Waals surface area contributed by atoms with Gasteiger partial charge in [0.05, 0.1) is 32.5 Å². The Balaban J connectivity index is 0.00000210. The summed E-state index contributed by atoms with van der Waals surface area (Å²) in [5, 5.41) is 3.32. The zero-order valence-corrected chi connectivity index (χ0v) is 16.9. The average Bonchev–Trinajstić information content (AvgIpc) is 3.22. The molecule has 0 radical (unpaired) electrons. The Hall–Kier alpha value is -1.50. The third kappa shape index (κ3) is 3.62. The first kappa shape index (κ1) is 20.2. The molecular weight excluding hydrogens is 368 g/mol. The number of hydrogen-bond acceptors (Lipinski definition) is 5. The number of piperidine rings is 1. The summed E-state index contributed by atoms with van der Waals surface area (Å²) < 4.78 is 17.3. The normalized spacial score (nSPS) is 23.5. The molecule has 2 saturated heterocycles. The standard InChI is InChI=1S/C20H28N2O4.ClH/c1-24-17-12-14-5-11-26-20(15(14)13-18(17)25-2)6-9-22(10-7-20)19(23)16-4-3-8-21-16;/h12-13,16,21H,3-11H2,1-2H3;1H/t16-;/m0./s1. The molecule has 7 heteroatoms. The van der Waals surface area contributed by atoms with Crippen molar-refractivity contribution >= 4 is 18.3 Å². The van der Waals surface area contributed by atoms with Crippen molar-refractivity contribution in [3.63, 3.8) is 0 Å². The van der Waals surface area contributed by atoms with Crippen LogP contribution in [0.5, 0.6) is 11.5 Å². The molecule has 150 valence electrons. The highest BCUT2D eigenvalue weighted by atomic mass is 35.5. The zero-order chi connectivity index (χ0) is 18.1. The molecule has 0 unspecified atom stereocenters. The fourth-order valence-electron chi connectivity index (χ4n) is 4.60. The lowest BCUT2D eigenvalue weighted by atomic mass is 9.79. The molecule has 1 aromatic rings. The number of methoxy groups -OCH3 is 2. The van der Waals surface area contributed by atoms with Gasteiger partial charge < -0.3 is 24.4 Å². The van der Waals surface area contributed by atoms with E-state index < -0.39 is 0 Å². The minimum absolute atomic E-state index is 0. The summed E-state index contributed by atoms with van der Waals surface area (Å²) in [4.78, 5) is 14.7. The number of carbonyl (C=O) groups excluding carboxylic acids is 1. The van der Waals surface area contributed by atoms with Gasteiger partial charge in [-0.05, 0) is 61.9 Å². The molecule has 1 N–H and O–H groups in total. The molecule has 6 nitrogen and oxygen atoms in total. The van der Waals surface area contributed by atoms with Crippen molar-refractivity contribution in [3.05, 3.63) is 23.3 Å². The first-order valence-electron chi connectivity index (χ1n) is 9.58. The van der Waals surface area contributed by atoms with Crippen LogP contribution in [0.25, 0.3) is 0 Å². The van der Waals surface area contributed by atoms with Crippen LogP contribution in [-0.2, 0) is 21.6 Å². The third-order valence-corrected chi connectivity index (χ3v) is 6.09. The summed E-state index contributed by atoms with van der Waals surface area (Å²) in [5.74, 6) is 1.76. The number of nitrogens with zero attached hydrogens (tertiary/aromatic N) is 1. The lowest BCUT2D eigenvalue weighted by molar-refractivity contribution is -0.142. The second kappa shape index (κ2) is 8.25. The van der Waals surface area contributed by atoms with Crippen LogP contribution in [0, 0.1) is 0 Å². The van der Waals surface area contributed by atoms with Gasteiger partial charge in [0, 0.05) is 13.1 Å². The predicted octanol–water partition coefficient (Wildman–Crippen LogP) is 2.27. The Labute approximate surface area is 166 Å². The maximum Gasteiger partial charge on any atom is 0.239 e. The number of rotatable bonds is 3. The summed E-state index contributed by atoms with van der Waals surface area (Å²) in [5.41, 5.74) is 2.16. The van der Waals surface area contributed by atoms with E-state index in [1.54, 1.807) is 14.2 Å². The van der Waals surface area contributed by atoms with E-state index in [1.165, 1.54) is 11.1 Å². The lowest BCUT2D eigenvalue weighted by Gasteiger charge is -2.45. The summed E-state index contributed by atoms with van der Waals surface area (Å²) in [6, 6.07) is 4.16. The molecule has 0 aliphatic carbocycles. The molecule has 0 saturated carbocycles. The van der Waals surface area contributed by atoms with E-state index in [0.717, 1.165) is 63.2 Å². The van der Waals surface area contributed by atoms with E-state index in [0.29, 0.717) is 6.61 Å². The van der Waals surface area contributed by atoms with Gasteiger partial charge in [0.2, 0.25) is 5.91 Å². The Kier molecular flexibility index (Phi) is 6.18. The molecule has 3 aliphatic heterocycles. The Bertz CT molecular complexity index is 683. The first-order valence-corrected chi connectivity index (χ1v) is 9.58. The van der Waals surface area contributed by atoms with E-state index >= 15 is 0 Å². The minimum Gasteiger partial charge on any atom is -0.493 e. The van der Waals surface area contributed by atoms with Crippen LogP contribution in [0.15, 0.2) is 12.1 Å². The number of benzene rings is 1.